The van der Waals surface area contributed by atoms with Crippen molar-refractivity contribution < 1.29 is 0 Å². The second-order valence-electron chi connectivity index (χ2n) is 4.40. The minimum Gasteiger partial charge on any atom is -0.304 e. The molecule has 2 rings (SSSR count). The first-order chi connectivity index (χ1) is 8.15. The van der Waals surface area contributed by atoms with Crippen molar-refractivity contribution in [3.63, 3.8) is 0 Å². The molecular weight excluding hydrogens is 228 g/mol. The molecule has 0 aliphatic rings. The van der Waals surface area contributed by atoms with Crippen molar-refractivity contribution >= 4 is 11.3 Å². The molecule has 2 nitrogen and oxygen atoms in total. The number of aromatic nitrogens is 1. The maximum Gasteiger partial charge on any atom is 0.107 e. The third kappa shape index (κ3) is 3.38. The van der Waals surface area contributed by atoms with Crippen LogP contribution in [0.15, 0.2) is 29.6 Å². The maximum absolute atomic E-state index is 4.45. The second kappa shape index (κ2) is 5.43. The summed E-state index contributed by atoms with van der Waals surface area (Å²) in [4.78, 5) is 4.45. The Morgan fingerprint density at radius 1 is 1.24 bits per heavy atom. The van der Waals surface area contributed by atoms with Crippen molar-refractivity contribution in [1.29, 1.82) is 0 Å². The molecule has 1 aromatic carbocycles. The number of nitrogens with zero attached hydrogens (tertiary/aromatic N) is 1. The lowest BCUT2D eigenvalue weighted by molar-refractivity contribution is 0.573. The van der Waals surface area contributed by atoms with Crippen LogP contribution in [0.2, 0.25) is 0 Å². The molecule has 0 aliphatic heterocycles. The number of hydrogen-bond acceptors (Lipinski definition) is 3. The van der Waals surface area contributed by atoms with Gasteiger partial charge in [0.1, 0.15) is 5.01 Å². The van der Waals surface area contributed by atoms with E-state index in [-0.39, 0.29) is 0 Å². The first kappa shape index (κ1) is 12.3. The van der Waals surface area contributed by atoms with E-state index in [1.165, 1.54) is 11.1 Å². The van der Waals surface area contributed by atoms with Gasteiger partial charge in [0.2, 0.25) is 0 Å². The molecule has 0 saturated heterocycles. The van der Waals surface area contributed by atoms with Gasteiger partial charge in [0.15, 0.2) is 0 Å². The zero-order valence-electron chi connectivity index (χ0n) is 10.5. The Morgan fingerprint density at radius 3 is 2.53 bits per heavy atom. The second-order valence-corrected chi connectivity index (χ2v) is 5.34. The molecule has 0 radical (unpaired) electrons. The summed E-state index contributed by atoms with van der Waals surface area (Å²) in [6, 6.07) is 9.03. The van der Waals surface area contributed by atoms with E-state index in [1.54, 1.807) is 11.3 Å². The van der Waals surface area contributed by atoms with E-state index in [2.05, 4.69) is 53.8 Å². The van der Waals surface area contributed by atoms with Gasteiger partial charge in [-0.15, -0.1) is 11.3 Å². The molecule has 2 aromatic rings. The highest BCUT2D eigenvalue weighted by atomic mass is 32.1. The lowest BCUT2D eigenvalue weighted by Crippen LogP contribution is -2.17. The van der Waals surface area contributed by atoms with E-state index in [9.17, 15) is 0 Å². The first-order valence-electron chi connectivity index (χ1n) is 5.86. The van der Waals surface area contributed by atoms with Crippen LogP contribution in [0.5, 0.6) is 0 Å². The zero-order valence-corrected chi connectivity index (χ0v) is 11.3. The van der Waals surface area contributed by atoms with E-state index in [0.29, 0.717) is 6.04 Å². The molecule has 90 valence electrons. The summed E-state index contributed by atoms with van der Waals surface area (Å²) in [7, 11) is 0. The minimum absolute atomic E-state index is 0.361. The molecule has 0 bridgehead atoms. The molecule has 0 amide bonds. The molecule has 3 heteroatoms. The Hall–Kier alpha value is -1.19. The van der Waals surface area contributed by atoms with Crippen LogP contribution in [0.1, 0.15) is 34.8 Å². The van der Waals surface area contributed by atoms with Crippen LogP contribution in [0.4, 0.5) is 0 Å². The topological polar surface area (TPSA) is 24.9 Å². The molecule has 1 N–H and O–H groups in total. The molecule has 17 heavy (non-hydrogen) atoms. The standard InChI is InChI=1S/C14H18N2S/c1-10-4-6-13(7-5-10)12(3)15-8-14-16-11(2)9-17-14/h4-7,9,12,15H,8H2,1-3H3/t12-/m0/s1. The largest absolute Gasteiger partial charge is 0.304 e. The molecule has 1 atom stereocenters. The average Bonchev–Trinajstić information content (AvgIpc) is 2.73. The SMILES string of the molecule is Cc1ccc([C@H](C)NCc2nc(C)cs2)cc1. The number of aryl methyl sites for hydroxylation is 2. The average molecular weight is 246 g/mol. The minimum atomic E-state index is 0.361. The summed E-state index contributed by atoms with van der Waals surface area (Å²) < 4.78 is 0. The van der Waals surface area contributed by atoms with Crippen molar-refractivity contribution in [1.82, 2.24) is 10.3 Å². The third-order valence-corrected chi connectivity index (χ3v) is 3.77. The first-order valence-corrected chi connectivity index (χ1v) is 6.74. The summed E-state index contributed by atoms with van der Waals surface area (Å²) >= 11 is 1.72. The quantitative estimate of drug-likeness (QED) is 0.891. The molecule has 0 spiro atoms. The molecule has 0 saturated carbocycles. The monoisotopic (exact) mass is 246 g/mol. The number of benzene rings is 1. The van der Waals surface area contributed by atoms with Gasteiger partial charge in [-0.1, -0.05) is 29.8 Å². The Bertz CT molecular complexity index is 473. The van der Waals surface area contributed by atoms with Crippen LogP contribution >= 0.6 is 11.3 Å². The van der Waals surface area contributed by atoms with Gasteiger partial charge in [-0.3, -0.25) is 0 Å². The fraction of sp³-hybridized carbons (Fsp3) is 0.357. The summed E-state index contributed by atoms with van der Waals surface area (Å²) in [6.45, 7) is 7.17. The van der Waals surface area contributed by atoms with Crippen LogP contribution in [-0.2, 0) is 6.54 Å². The molecule has 1 heterocycles. The third-order valence-electron chi connectivity index (χ3n) is 2.80. The maximum atomic E-state index is 4.45. The fourth-order valence-corrected chi connectivity index (χ4v) is 2.42. The van der Waals surface area contributed by atoms with Crippen LogP contribution in [0.3, 0.4) is 0 Å². The fourth-order valence-electron chi connectivity index (χ4n) is 1.70. The molecule has 0 unspecified atom stereocenters. The van der Waals surface area contributed by atoms with E-state index in [1.807, 2.05) is 6.92 Å². The lowest BCUT2D eigenvalue weighted by Gasteiger charge is -2.13. The molecular formula is C14H18N2S. The van der Waals surface area contributed by atoms with E-state index >= 15 is 0 Å². The van der Waals surface area contributed by atoms with Crippen LogP contribution in [0.25, 0.3) is 0 Å². The van der Waals surface area contributed by atoms with Crippen molar-refractivity contribution in [2.75, 3.05) is 0 Å². The van der Waals surface area contributed by atoms with Gasteiger partial charge < -0.3 is 5.32 Å². The van der Waals surface area contributed by atoms with Gasteiger partial charge in [-0.05, 0) is 26.3 Å². The Balaban J connectivity index is 1.93. The highest BCUT2D eigenvalue weighted by Gasteiger charge is 2.05. The smallest absolute Gasteiger partial charge is 0.107 e. The van der Waals surface area contributed by atoms with Gasteiger partial charge in [0.25, 0.3) is 0 Å². The highest BCUT2D eigenvalue weighted by molar-refractivity contribution is 7.09. The normalized spacial score (nSPS) is 12.6. The Morgan fingerprint density at radius 2 is 1.94 bits per heavy atom. The number of rotatable bonds is 4. The predicted molar refractivity (Wildman–Crippen MR) is 73.3 cm³/mol. The van der Waals surface area contributed by atoms with Crippen LogP contribution < -0.4 is 5.32 Å². The molecule has 0 aliphatic carbocycles. The van der Waals surface area contributed by atoms with Crippen molar-refractivity contribution in [3.05, 3.63) is 51.5 Å². The summed E-state index contributed by atoms with van der Waals surface area (Å²) in [5.74, 6) is 0. The van der Waals surface area contributed by atoms with Crippen LogP contribution in [0, 0.1) is 13.8 Å². The summed E-state index contributed by atoms with van der Waals surface area (Å²) in [5, 5.41) is 6.74. The molecule has 0 fully saturated rings. The lowest BCUT2D eigenvalue weighted by atomic mass is 10.1. The van der Waals surface area contributed by atoms with E-state index in [4.69, 9.17) is 0 Å². The van der Waals surface area contributed by atoms with Gasteiger partial charge in [0.05, 0.1) is 0 Å². The summed E-state index contributed by atoms with van der Waals surface area (Å²) in [6.07, 6.45) is 0. The van der Waals surface area contributed by atoms with Crippen molar-refractivity contribution in [3.8, 4) is 0 Å². The summed E-state index contributed by atoms with van der Waals surface area (Å²) in [5.41, 5.74) is 3.73. The predicted octanol–water partition coefficient (Wildman–Crippen LogP) is 3.61. The highest BCUT2D eigenvalue weighted by Crippen LogP contribution is 2.15. The van der Waals surface area contributed by atoms with Gasteiger partial charge >= 0.3 is 0 Å². The van der Waals surface area contributed by atoms with Gasteiger partial charge in [-0.25, -0.2) is 4.98 Å². The van der Waals surface area contributed by atoms with Crippen LogP contribution in [-0.4, -0.2) is 4.98 Å². The number of nitrogens with one attached hydrogen (secondary N) is 1. The zero-order chi connectivity index (χ0) is 12.3. The molecule has 1 aromatic heterocycles. The van der Waals surface area contributed by atoms with Gasteiger partial charge in [-0.2, -0.15) is 0 Å². The van der Waals surface area contributed by atoms with Crippen molar-refractivity contribution in [2.24, 2.45) is 0 Å². The Kier molecular flexibility index (Phi) is 3.92. The van der Waals surface area contributed by atoms with Gasteiger partial charge in [0, 0.05) is 23.7 Å². The Labute approximate surface area is 107 Å². The van der Waals surface area contributed by atoms with E-state index < -0.39 is 0 Å². The van der Waals surface area contributed by atoms with Crippen molar-refractivity contribution in [2.45, 2.75) is 33.4 Å². The number of thiazole rings is 1. The van der Waals surface area contributed by atoms with E-state index in [0.717, 1.165) is 17.2 Å². The number of hydrogen-bond donors (Lipinski definition) is 1.